The van der Waals surface area contributed by atoms with Gasteiger partial charge < -0.3 is 9.64 Å². The van der Waals surface area contributed by atoms with Crippen LogP contribution in [-0.4, -0.2) is 47.8 Å². The zero-order valence-corrected chi connectivity index (χ0v) is 18.7. The largest absolute Gasteiger partial charge is 0.378 e. The summed E-state index contributed by atoms with van der Waals surface area (Å²) in [6.07, 6.45) is 6.29. The lowest BCUT2D eigenvalue weighted by Gasteiger charge is -2.40. The van der Waals surface area contributed by atoms with Gasteiger partial charge in [0.1, 0.15) is 5.82 Å². The van der Waals surface area contributed by atoms with E-state index in [-0.39, 0.29) is 23.9 Å². The fourth-order valence-corrected chi connectivity index (χ4v) is 5.34. The Morgan fingerprint density at radius 1 is 1.12 bits per heavy atom. The minimum absolute atomic E-state index is 0.0504. The molecule has 2 aliphatic rings. The zero-order valence-electron chi connectivity index (χ0n) is 17.9. The van der Waals surface area contributed by atoms with Crippen molar-refractivity contribution < 1.29 is 17.9 Å². The van der Waals surface area contributed by atoms with Crippen LogP contribution >= 0.6 is 11.9 Å². The first-order valence-corrected chi connectivity index (χ1v) is 12.1. The number of anilines is 1. The van der Waals surface area contributed by atoms with E-state index < -0.39 is 5.76 Å². The number of ether oxygens (including phenoxy) is 1. The van der Waals surface area contributed by atoms with Crippen LogP contribution < -0.4 is 9.62 Å². The lowest BCUT2D eigenvalue weighted by atomic mass is 9.82. The number of alkyl halides is 2. The van der Waals surface area contributed by atoms with Crippen molar-refractivity contribution in [2.24, 2.45) is 5.92 Å². The van der Waals surface area contributed by atoms with Gasteiger partial charge in [0.05, 0.1) is 12.7 Å². The predicted octanol–water partition coefficient (Wildman–Crippen LogP) is 5.01. The minimum atomic E-state index is -2.45. The Morgan fingerprint density at radius 2 is 1.97 bits per heavy atom. The molecule has 4 rings (SSSR count). The van der Waals surface area contributed by atoms with Gasteiger partial charge in [0.2, 0.25) is 0 Å². The molecule has 174 valence electrons. The van der Waals surface area contributed by atoms with Crippen molar-refractivity contribution >= 4 is 17.8 Å². The number of rotatable bonds is 8. The molecule has 2 atom stereocenters. The van der Waals surface area contributed by atoms with Gasteiger partial charge in [0, 0.05) is 31.2 Å². The maximum absolute atomic E-state index is 13.5. The van der Waals surface area contributed by atoms with Crippen LogP contribution in [0.3, 0.4) is 0 Å². The highest BCUT2D eigenvalue weighted by atomic mass is 32.2. The zero-order chi connectivity index (χ0) is 22.3. The molecule has 2 fully saturated rings. The third-order valence-corrected chi connectivity index (χ3v) is 7.08. The normalized spacial score (nSPS) is 26.4. The number of nitrogens with one attached hydrogen (secondary N) is 1. The fraction of sp³-hybridized carbons (Fsp3) is 0.565. The quantitative estimate of drug-likeness (QED) is 0.552. The summed E-state index contributed by atoms with van der Waals surface area (Å²) in [5.41, 5.74) is 1.06. The van der Waals surface area contributed by atoms with Crippen molar-refractivity contribution in [3.63, 3.8) is 0 Å². The Labute approximate surface area is 191 Å². The van der Waals surface area contributed by atoms with Crippen LogP contribution in [0.25, 0.3) is 0 Å². The molecule has 1 saturated heterocycles. The molecule has 1 saturated carbocycles. The number of hydrogen-bond acceptors (Lipinski definition) is 6. The van der Waals surface area contributed by atoms with Gasteiger partial charge in [-0.25, -0.2) is 4.39 Å². The van der Waals surface area contributed by atoms with Crippen molar-refractivity contribution in [2.45, 2.75) is 55.9 Å². The number of halogens is 3. The number of piperidine rings is 1. The summed E-state index contributed by atoms with van der Waals surface area (Å²) >= 11 is 0.483. The summed E-state index contributed by atoms with van der Waals surface area (Å²) < 4.78 is 48.3. The van der Waals surface area contributed by atoms with Crippen molar-refractivity contribution in [3.8, 4) is 0 Å². The van der Waals surface area contributed by atoms with Crippen molar-refractivity contribution in [1.82, 2.24) is 14.9 Å². The number of hydrogen-bond donors (Lipinski definition) is 1. The Bertz CT molecular complexity index is 839. The van der Waals surface area contributed by atoms with Gasteiger partial charge in [-0.1, -0.05) is 12.1 Å². The molecule has 5 nitrogen and oxygen atoms in total. The van der Waals surface area contributed by atoms with E-state index in [0.717, 1.165) is 50.0 Å². The average molecular weight is 467 g/mol. The topological polar surface area (TPSA) is 50.3 Å². The molecule has 2 heterocycles. The molecule has 9 heteroatoms. The van der Waals surface area contributed by atoms with Gasteiger partial charge in [-0.15, -0.1) is 5.10 Å². The van der Waals surface area contributed by atoms with Gasteiger partial charge in [0.25, 0.3) is 5.76 Å². The summed E-state index contributed by atoms with van der Waals surface area (Å²) in [6.45, 7) is 1.92. The molecular formula is C23H29F3N4OS. The first kappa shape index (κ1) is 23.3. The van der Waals surface area contributed by atoms with Crippen LogP contribution in [0.15, 0.2) is 42.6 Å². The van der Waals surface area contributed by atoms with Gasteiger partial charge in [-0.05, 0) is 79.8 Å². The van der Waals surface area contributed by atoms with E-state index in [1.54, 1.807) is 18.3 Å². The highest BCUT2D eigenvalue weighted by Gasteiger charge is 2.32. The van der Waals surface area contributed by atoms with Gasteiger partial charge in [-0.2, -0.15) is 13.9 Å². The molecule has 1 aromatic carbocycles. The molecule has 1 aliphatic heterocycles. The minimum Gasteiger partial charge on any atom is -0.378 e. The summed E-state index contributed by atoms with van der Waals surface area (Å²) in [7, 11) is 0. The molecule has 2 aromatic rings. The first-order valence-electron chi connectivity index (χ1n) is 11.2. The van der Waals surface area contributed by atoms with Gasteiger partial charge in [0.15, 0.2) is 5.82 Å². The number of benzene rings is 1. The molecular weight excluding hydrogens is 437 g/mol. The lowest BCUT2D eigenvalue weighted by Crippen LogP contribution is -2.50. The molecule has 1 aromatic heterocycles. The molecule has 0 spiro atoms. The van der Waals surface area contributed by atoms with Crippen molar-refractivity contribution in [3.05, 3.63) is 54.0 Å². The molecule has 2 unspecified atom stereocenters. The highest BCUT2D eigenvalue weighted by Crippen LogP contribution is 2.35. The Kier molecular flexibility index (Phi) is 8.26. The van der Waals surface area contributed by atoms with E-state index >= 15 is 0 Å². The molecule has 0 radical (unpaired) electrons. The average Bonchev–Trinajstić information content (AvgIpc) is 2.82. The summed E-state index contributed by atoms with van der Waals surface area (Å²) in [4.78, 5) is 2.15. The Morgan fingerprint density at radius 3 is 2.69 bits per heavy atom. The third-order valence-electron chi connectivity index (χ3n) is 6.46. The summed E-state index contributed by atoms with van der Waals surface area (Å²) in [6, 6.07) is 10.6. The molecule has 0 bridgehead atoms. The van der Waals surface area contributed by atoms with E-state index in [1.165, 1.54) is 6.07 Å². The second kappa shape index (κ2) is 11.3. The standard InChI is InChI=1S/C23H29F3N4OS/c24-19-4-1-3-17(13-19)16-6-8-20(9-7-16)31-15-18-14-30(22-5-2-11-27-28-22)12-10-21(18)29-32-23(25)26/h1-5,11,13,16,18,20-21,23,29H,6-10,12,14-15H2. The molecule has 1 aliphatic carbocycles. The van der Waals surface area contributed by atoms with Crippen LogP contribution in [0, 0.1) is 11.7 Å². The lowest BCUT2D eigenvalue weighted by molar-refractivity contribution is -0.00207. The van der Waals surface area contributed by atoms with Crippen molar-refractivity contribution in [2.75, 3.05) is 24.6 Å². The van der Waals surface area contributed by atoms with Crippen LogP contribution in [0.4, 0.5) is 19.0 Å². The SMILES string of the molecule is Fc1cccc(C2CCC(OCC3CN(c4cccnn4)CCC3NSC(F)F)CC2)c1. The first-order chi connectivity index (χ1) is 15.6. The maximum atomic E-state index is 13.5. The van der Waals surface area contributed by atoms with E-state index in [2.05, 4.69) is 19.8 Å². The van der Waals surface area contributed by atoms with Crippen LogP contribution in [0.1, 0.15) is 43.6 Å². The Balaban J connectivity index is 1.31. The van der Waals surface area contributed by atoms with E-state index in [0.29, 0.717) is 31.0 Å². The summed E-state index contributed by atoms with van der Waals surface area (Å²) in [5, 5.41) is 8.15. The third kappa shape index (κ3) is 6.36. The van der Waals surface area contributed by atoms with Crippen LogP contribution in [0.2, 0.25) is 0 Å². The highest BCUT2D eigenvalue weighted by molar-refractivity contribution is 7.97. The fourth-order valence-electron chi connectivity index (χ4n) is 4.75. The number of aromatic nitrogens is 2. The van der Waals surface area contributed by atoms with E-state index in [4.69, 9.17) is 4.74 Å². The second-order valence-electron chi connectivity index (χ2n) is 8.54. The second-order valence-corrected chi connectivity index (χ2v) is 9.37. The van der Waals surface area contributed by atoms with E-state index in [9.17, 15) is 13.2 Å². The smallest absolute Gasteiger partial charge is 0.297 e. The van der Waals surface area contributed by atoms with Gasteiger partial charge >= 0.3 is 0 Å². The molecule has 1 N–H and O–H groups in total. The van der Waals surface area contributed by atoms with Crippen LogP contribution in [0.5, 0.6) is 0 Å². The molecule has 0 amide bonds. The van der Waals surface area contributed by atoms with Crippen LogP contribution in [-0.2, 0) is 4.74 Å². The van der Waals surface area contributed by atoms with Gasteiger partial charge in [-0.3, -0.25) is 4.72 Å². The number of nitrogens with zero attached hydrogens (tertiary/aromatic N) is 3. The monoisotopic (exact) mass is 466 g/mol. The van der Waals surface area contributed by atoms with E-state index in [1.807, 2.05) is 18.2 Å². The summed E-state index contributed by atoms with van der Waals surface area (Å²) in [5.74, 6) is -1.41. The Hall–Kier alpha value is -1.84. The maximum Gasteiger partial charge on any atom is 0.297 e. The molecule has 32 heavy (non-hydrogen) atoms. The predicted molar refractivity (Wildman–Crippen MR) is 120 cm³/mol. The van der Waals surface area contributed by atoms with Crippen molar-refractivity contribution in [1.29, 1.82) is 0 Å².